The van der Waals surface area contributed by atoms with Gasteiger partial charge in [-0.1, -0.05) is 28.6 Å². The molecule has 5 rings (SSSR count). The molecule has 4 aromatic rings. The quantitative estimate of drug-likeness (QED) is 0.181. The van der Waals surface area contributed by atoms with Crippen molar-refractivity contribution in [2.24, 2.45) is 0 Å². The number of thiazole rings is 1. The van der Waals surface area contributed by atoms with Gasteiger partial charge < -0.3 is 24.6 Å². The van der Waals surface area contributed by atoms with Crippen LogP contribution in [0.4, 0.5) is 34.3 Å². The molecule has 0 aliphatic heterocycles. The van der Waals surface area contributed by atoms with E-state index >= 15 is 0 Å². The van der Waals surface area contributed by atoms with Crippen molar-refractivity contribution in [1.82, 2.24) is 20.1 Å². The molecule has 210 valence electrons. The lowest BCUT2D eigenvalue weighted by Gasteiger charge is -2.14. The van der Waals surface area contributed by atoms with Crippen LogP contribution in [0.2, 0.25) is 0 Å². The summed E-state index contributed by atoms with van der Waals surface area (Å²) in [5.74, 6) is -1.50. The van der Waals surface area contributed by atoms with Crippen LogP contribution in [0.3, 0.4) is 0 Å². The zero-order valence-electron chi connectivity index (χ0n) is 20.9. The lowest BCUT2D eigenvalue weighted by molar-refractivity contribution is -0.165. The minimum absolute atomic E-state index is 0.0897. The second-order valence-electron chi connectivity index (χ2n) is 8.94. The van der Waals surface area contributed by atoms with Crippen LogP contribution in [0, 0.1) is 5.82 Å². The predicted octanol–water partition coefficient (Wildman–Crippen LogP) is 5.27. The number of carbonyl (C=O) groups excluding carboxylic acids is 1. The molecule has 0 spiro atoms. The Labute approximate surface area is 228 Å². The van der Waals surface area contributed by atoms with Gasteiger partial charge in [-0.3, -0.25) is 4.79 Å². The Morgan fingerprint density at radius 2 is 1.88 bits per heavy atom. The van der Waals surface area contributed by atoms with Crippen molar-refractivity contribution < 1.29 is 36.4 Å². The maximum atomic E-state index is 14.8. The summed E-state index contributed by atoms with van der Waals surface area (Å²) in [5, 5.41) is 10.0. The van der Waals surface area contributed by atoms with Crippen LogP contribution in [0.1, 0.15) is 24.2 Å². The summed E-state index contributed by atoms with van der Waals surface area (Å²) >= 11 is 1.28. The Hall–Kier alpha value is -4.11. The van der Waals surface area contributed by atoms with Crippen LogP contribution >= 0.6 is 11.3 Å². The first-order valence-electron chi connectivity index (χ1n) is 12.0. The third-order valence-electron chi connectivity index (χ3n) is 6.16. The van der Waals surface area contributed by atoms with Gasteiger partial charge in [0.2, 0.25) is 11.9 Å². The number of benzene rings is 1. The number of halogens is 4. The highest BCUT2D eigenvalue weighted by Gasteiger charge is 2.66. The molecule has 2 N–H and O–H groups in total. The van der Waals surface area contributed by atoms with E-state index in [0.717, 1.165) is 6.07 Å². The molecule has 10 nitrogen and oxygen atoms in total. The normalized spacial score (nSPS) is 14.1. The van der Waals surface area contributed by atoms with Gasteiger partial charge in [-0.2, -0.15) is 13.2 Å². The number of rotatable bonds is 11. The van der Waals surface area contributed by atoms with Crippen LogP contribution in [0.5, 0.6) is 5.19 Å². The van der Waals surface area contributed by atoms with E-state index in [1.807, 2.05) is 0 Å². The minimum atomic E-state index is -4.47. The van der Waals surface area contributed by atoms with Crippen molar-refractivity contribution in [3.8, 4) is 16.3 Å². The van der Waals surface area contributed by atoms with E-state index in [9.17, 15) is 22.4 Å². The van der Waals surface area contributed by atoms with Gasteiger partial charge in [-0.15, -0.1) is 0 Å². The molecule has 0 saturated heterocycles. The Morgan fingerprint density at radius 3 is 2.55 bits per heavy atom. The van der Waals surface area contributed by atoms with Crippen molar-refractivity contribution in [1.29, 1.82) is 0 Å². The summed E-state index contributed by atoms with van der Waals surface area (Å²) in [7, 11) is 1.58. The zero-order chi connectivity index (χ0) is 28.3. The highest BCUT2D eigenvalue weighted by molar-refractivity contribution is 7.17. The number of anilines is 3. The van der Waals surface area contributed by atoms with Gasteiger partial charge in [-0.25, -0.2) is 19.3 Å². The number of ether oxygens (including phenoxy) is 2. The fraction of sp³-hybridized carbons (Fsp3) is 0.320. The van der Waals surface area contributed by atoms with Gasteiger partial charge in [0.1, 0.15) is 22.8 Å². The third kappa shape index (κ3) is 6.04. The molecule has 40 heavy (non-hydrogen) atoms. The summed E-state index contributed by atoms with van der Waals surface area (Å²) < 4.78 is 69.8. The number of hydrogen-bond donors (Lipinski definition) is 2. The second-order valence-corrected chi connectivity index (χ2v) is 9.93. The molecule has 0 bridgehead atoms. The molecular formula is C25H22F4N6O4S. The van der Waals surface area contributed by atoms with Crippen LogP contribution in [0.25, 0.3) is 11.1 Å². The highest BCUT2D eigenvalue weighted by Crippen LogP contribution is 2.59. The summed E-state index contributed by atoms with van der Waals surface area (Å²) in [4.78, 5) is 25.0. The van der Waals surface area contributed by atoms with E-state index in [-0.39, 0.29) is 36.4 Å². The average molecular weight is 579 g/mol. The van der Waals surface area contributed by atoms with Gasteiger partial charge >= 0.3 is 6.18 Å². The Balaban J connectivity index is 1.17. The molecule has 1 aromatic carbocycles. The van der Waals surface area contributed by atoms with Crippen molar-refractivity contribution in [2.75, 3.05) is 31.0 Å². The van der Waals surface area contributed by atoms with E-state index in [4.69, 9.17) is 14.0 Å². The molecule has 1 aliphatic carbocycles. The number of methoxy groups -OCH3 is 1. The third-order valence-corrected chi connectivity index (χ3v) is 6.99. The van der Waals surface area contributed by atoms with Crippen molar-refractivity contribution >= 4 is 34.0 Å². The fourth-order valence-electron chi connectivity index (χ4n) is 3.83. The molecule has 1 saturated carbocycles. The first kappa shape index (κ1) is 27.5. The molecule has 1 aliphatic rings. The lowest BCUT2D eigenvalue weighted by atomic mass is 10.0. The van der Waals surface area contributed by atoms with Gasteiger partial charge in [0.25, 0.3) is 5.19 Å². The number of hydrogen-bond acceptors (Lipinski definition) is 10. The van der Waals surface area contributed by atoms with Gasteiger partial charge in [0, 0.05) is 31.1 Å². The number of amides is 1. The topological polar surface area (TPSA) is 124 Å². The molecule has 0 unspecified atom stereocenters. The number of aromatic nitrogens is 4. The van der Waals surface area contributed by atoms with Gasteiger partial charge in [-0.05, 0) is 30.0 Å². The molecule has 1 fully saturated rings. The Bertz CT molecular complexity index is 1490. The largest absolute Gasteiger partial charge is 0.468 e. The van der Waals surface area contributed by atoms with Crippen molar-refractivity contribution in [2.45, 2.75) is 30.9 Å². The van der Waals surface area contributed by atoms with E-state index in [0.29, 0.717) is 40.5 Å². The van der Waals surface area contributed by atoms with Gasteiger partial charge in [0.15, 0.2) is 11.6 Å². The molecule has 3 heterocycles. The first-order chi connectivity index (χ1) is 19.2. The molecule has 0 radical (unpaired) electrons. The summed E-state index contributed by atoms with van der Waals surface area (Å²) in [6.07, 6.45) is -0.401. The molecule has 3 aromatic heterocycles. The standard InChI is InChI=1S/C25H22F4N6O4S/c1-37-6-7-38-23-32-13-21(40-23)34-22-30-11-16(12-31-22)14-2-3-15(17(26)8-14)9-20(36)33-19-10-18(39-35-19)24(4-5-24)25(27,28)29/h2-3,8,10-13H,4-7,9H2,1H3,(H,30,31,34)(H,33,35,36). The lowest BCUT2D eigenvalue weighted by Crippen LogP contribution is -2.28. The number of carbonyl (C=O) groups is 1. The average Bonchev–Trinajstić information content (AvgIpc) is 3.43. The Morgan fingerprint density at radius 1 is 1.10 bits per heavy atom. The highest BCUT2D eigenvalue weighted by atomic mass is 32.1. The smallest absolute Gasteiger partial charge is 0.401 e. The van der Waals surface area contributed by atoms with Crippen LogP contribution < -0.4 is 15.4 Å². The van der Waals surface area contributed by atoms with E-state index < -0.39 is 23.3 Å². The number of nitrogens with zero attached hydrogens (tertiary/aromatic N) is 4. The Kier molecular flexibility index (Phi) is 7.67. The maximum Gasteiger partial charge on any atom is 0.401 e. The maximum absolute atomic E-state index is 14.8. The van der Waals surface area contributed by atoms with Crippen LogP contribution in [-0.4, -0.2) is 52.5 Å². The van der Waals surface area contributed by atoms with Crippen molar-refractivity contribution in [3.63, 3.8) is 0 Å². The first-order valence-corrected chi connectivity index (χ1v) is 12.8. The zero-order valence-corrected chi connectivity index (χ0v) is 21.7. The van der Waals surface area contributed by atoms with E-state index in [1.165, 1.54) is 35.9 Å². The molecule has 15 heteroatoms. The minimum Gasteiger partial charge on any atom is -0.468 e. The SMILES string of the molecule is COCCOc1ncc(Nc2ncc(-c3ccc(CC(=O)Nc4cc(C5(C(F)(F)F)CC5)on4)c(F)c3)cn2)s1. The van der Waals surface area contributed by atoms with Crippen LogP contribution in [0.15, 0.2) is 47.4 Å². The summed E-state index contributed by atoms with van der Waals surface area (Å²) in [6.45, 7) is 0.823. The number of nitrogens with one attached hydrogen (secondary N) is 2. The van der Waals surface area contributed by atoms with Gasteiger partial charge in [0.05, 0.1) is 19.2 Å². The van der Waals surface area contributed by atoms with Crippen molar-refractivity contribution in [3.05, 3.63) is 60.0 Å². The fourth-order valence-corrected chi connectivity index (χ4v) is 4.51. The monoisotopic (exact) mass is 578 g/mol. The summed E-state index contributed by atoms with van der Waals surface area (Å²) in [5.41, 5.74) is -0.927. The summed E-state index contributed by atoms with van der Waals surface area (Å²) in [6, 6.07) is 5.35. The van der Waals surface area contributed by atoms with E-state index in [1.54, 1.807) is 19.4 Å². The second kappa shape index (κ2) is 11.2. The number of alkyl halides is 3. The van der Waals surface area contributed by atoms with E-state index in [2.05, 4.69) is 30.7 Å². The molecule has 1 amide bonds. The molecular weight excluding hydrogens is 556 g/mol. The van der Waals surface area contributed by atoms with Crippen LogP contribution in [-0.2, 0) is 21.4 Å². The molecule has 0 atom stereocenters. The predicted molar refractivity (Wildman–Crippen MR) is 136 cm³/mol.